The van der Waals surface area contributed by atoms with Gasteiger partial charge in [0.05, 0.1) is 32.1 Å². The van der Waals surface area contributed by atoms with Crippen LogP contribution in [0.4, 0.5) is 0 Å². The SMILES string of the molecule is CC(NC(=O)CN(C)CC(C)(CO)CO)c1ccco1. The molecule has 1 heterocycles. The van der Waals surface area contributed by atoms with Crippen LogP contribution in [-0.2, 0) is 4.79 Å². The number of aliphatic hydroxyl groups is 2. The molecule has 0 aliphatic rings. The van der Waals surface area contributed by atoms with Crippen LogP contribution in [0.15, 0.2) is 22.8 Å². The Hall–Kier alpha value is -1.37. The van der Waals surface area contributed by atoms with Gasteiger partial charge in [-0.1, -0.05) is 6.92 Å². The molecule has 6 nitrogen and oxygen atoms in total. The fourth-order valence-electron chi connectivity index (χ4n) is 2.00. The lowest BCUT2D eigenvalue weighted by Crippen LogP contribution is -2.43. The lowest BCUT2D eigenvalue weighted by molar-refractivity contribution is -0.123. The van der Waals surface area contributed by atoms with E-state index in [0.29, 0.717) is 12.3 Å². The largest absolute Gasteiger partial charge is 0.467 e. The lowest BCUT2D eigenvalue weighted by Gasteiger charge is -2.30. The molecule has 1 rings (SSSR count). The highest BCUT2D eigenvalue weighted by molar-refractivity contribution is 5.78. The molecule has 1 aromatic rings. The number of rotatable bonds is 8. The highest BCUT2D eigenvalue weighted by atomic mass is 16.3. The van der Waals surface area contributed by atoms with E-state index in [-0.39, 0.29) is 31.7 Å². The molecular formula is C14H24N2O4. The molecule has 0 spiro atoms. The maximum absolute atomic E-state index is 11.9. The quantitative estimate of drug-likeness (QED) is 0.642. The molecule has 1 amide bonds. The minimum absolute atomic E-state index is 0.127. The van der Waals surface area contributed by atoms with E-state index in [1.807, 2.05) is 13.0 Å². The van der Waals surface area contributed by atoms with Gasteiger partial charge in [-0.3, -0.25) is 9.69 Å². The summed E-state index contributed by atoms with van der Waals surface area (Å²) < 4.78 is 5.22. The van der Waals surface area contributed by atoms with Gasteiger partial charge in [-0.15, -0.1) is 0 Å². The first-order valence-corrected chi connectivity index (χ1v) is 6.63. The molecule has 1 atom stereocenters. The number of hydrogen-bond donors (Lipinski definition) is 3. The highest BCUT2D eigenvalue weighted by Crippen LogP contribution is 2.15. The zero-order valence-corrected chi connectivity index (χ0v) is 12.3. The van der Waals surface area contributed by atoms with Gasteiger partial charge in [-0.2, -0.15) is 0 Å². The monoisotopic (exact) mass is 284 g/mol. The van der Waals surface area contributed by atoms with Crippen molar-refractivity contribution in [2.75, 3.05) is 33.4 Å². The minimum atomic E-state index is -0.609. The minimum Gasteiger partial charge on any atom is -0.467 e. The summed E-state index contributed by atoms with van der Waals surface area (Å²) in [6, 6.07) is 3.40. The predicted octanol–water partition coefficient (Wildman–Crippen LogP) is 0.380. The van der Waals surface area contributed by atoms with Gasteiger partial charge in [0, 0.05) is 12.0 Å². The molecule has 114 valence electrons. The van der Waals surface area contributed by atoms with Crippen molar-refractivity contribution >= 4 is 5.91 Å². The fourth-order valence-corrected chi connectivity index (χ4v) is 2.00. The number of likely N-dealkylation sites (N-methyl/N-ethyl adjacent to an activating group) is 1. The van der Waals surface area contributed by atoms with Gasteiger partial charge < -0.3 is 19.9 Å². The molecule has 6 heteroatoms. The van der Waals surface area contributed by atoms with E-state index in [1.165, 1.54) is 0 Å². The number of nitrogens with one attached hydrogen (secondary N) is 1. The van der Waals surface area contributed by atoms with E-state index >= 15 is 0 Å². The van der Waals surface area contributed by atoms with Crippen LogP contribution >= 0.6 is 0 Å². The summed E-state index contributed by atoms with van der Waals surface area (Å²) in [5.41, 5.74) is -0.609. The third-order valence-electron chi connectivity index (χ3n) is 3.18. The Bertz CT molecular complexity index is 401. The number of carbonyl (C=O) groups is 1. The van der Waals surface area contributed by atoms with Crippen LogP contribution in [0.2, 0.25) is 0 Å². The maximum atomic E-state index is 11.9. The van der Waals surface area contributed by atoms with Crippen LogP contribution in [0.25, 0.3) is 0 Å². The van der Waals surface area contributed by atoms with Crippen LogP contribution in [0.1, 0.15) is 25.6 Å². The zero-order valence-electron chi connectivity index (χ0n) is 12.3. The van der Waals surface area contributed by atoms with E-state index in [0.717, 1.165) is 0 Å². The van der Waals surface area contributed by atoms with E-state index in [9.17, 15) is 15.0 Å². The molecule has 1 unspecified atom stereocenters. The van der Waals surface area contributed by atoms with E-state index in [4.69, 9.17) is 4.42 Å². The molecular weight excluding hydrogens is 260 g/mol. The van der Waals surface area contributed by atoms with Gasteiger partial charge in [0.1, 0.15) is 5.76 Å². The third kappa shape index (κ3) is 4.96. The van der Waals surface area contributed by atoms with Crippen molar-refractivity contribution in [3.8, 4) is 0 Å². The second-order valence-electron chi connectivity index (χ2n) is 5.60. The van der Waals surface area contributed by atoms with Gasteiger partial charge in [0.25, 0.3) is 0 Å². The second kappa shape index (κ2) is 7.42. The van der Waals surface area contributed by atoms with Crippen LogP contribution in [0.3, 0.4) is 0 Å². The summed E-state index contributed by atoms with van der Waals surface area (Å²) in [4.78, 5) is 13.7. The Balaban J connectivity index is 2.42. The number of hydrogen-bond acceptors (Lipinski definition) is 5. The van der Waals surface area contributed by atoms with Crippen LogP contribution in [0, 0.1) is 5.41 Å². The molecule has 0 fully saturated rings. The molecule has 0 aliphatic heterocycles. The highest BCUT2D eigenvalue weighted by Gasteiger charge is 2.25. The van der Waals surface area contributed by atoms with E-state index in [1.54, 1.807) is 31.2 Å². The Morgan fingerprint density at radius 3 is 2.65 bits per heavy atom. The normalized spacial score (nSPS) is 13.5. The smallest absolute Gasteiger partial charge is 0.234 e. The average molecular weight is 284 g/mol. The number of amides is 1. The van der Waals surface area contributed by atoms with Gasteiger partial charge >= 0.3 is 0 Å². The van der Waals surface area contributed by atoms with Gasteiger partial charge in [-0.05, 0) is 26.1 Å². The van der Waals surface area contributed by atoms with Crippen molar-refractivity contribution < 1.29 is 19.4 Å². The summed E-state index contributed by atoms with van der Waals surface area (Å²) in [5.74, 6) is 0.575. The molecule has 0 saturated carbocycles. The molecule has 20 heavy (non-hydrogen) atoms. The van der Waals surface area contributed by atoms with Crippen molar-refractivity contribution in [2.24, 2.45) is 5.41 Å². The standard InChI is InChI=1S/C14H24N2O4/c1-11(12-5-4-6-20-12)15-13(19)7-16(3)8-14(2,9-17)10-18/h4-6,11,17-18H,7-10H2,1-3H3,(H,15,19). The average Bonchev–Trinajstić information content (AvgIpc) is 2.92. The topological polar surface area (TPSA) is 85.9 Å². The van der Waals surface area contributed by atoms with Crippen molar-refractivity contribution in [3.63, 3.8) is 0 Å². The molecule has 0 aromatic carbocycles. The molecule has 1 aromatic heterocycles. The molecule has 0 bridgehead atoms. The summed E-state index contributed by atoms with van der Waals surface area (Å²) >= 11 is 0. The molecule has 0 saturated heterocycles. The molecule has 3 N–H and O–H groups in total. The van der Waals surface area contributed by atoms with Gasteiger partial charge in [0.2, 0.25) is 5.91 Å². The predicted molar refractivity (Wildman–Crippen MR) is 75.0 cm³/mol. The van der Waals surface area contributed by atoms with Crippen molar-refractivity contribution in [2.45, 2.75) is 19.9 Å². The van der Waals surface area contributed by atoms with Crippen LogP contribution in [-0.4, -0.2) is 54.4 Å². The Labute approximate surface area is 119 Å². The number of carbonyl (C=O) groups excluding carboxylic acids is 1. The molecule has 0 radical (unpaired) electrons. The number of aliphatic hydroxyl groups excluding tert-OH is 2. The first kappa shape index (κ1) is 16.7. The maximum Gasteiger partial charge on any atom is 0.234 e. The van der Waals surface area contributed by atoms with E-state index < -0.39 is 5.41 Å². The van der Waals surface area contributed by atoms with Crippen molar-refractivity contribution in [1.29, 1.82) is 0 Å². The number of nitrogens with zero attached hydrogens (tertiary/aromatic N) is 1. The van der Waals surface area contributed by atoms with Gasteiger partial charge in [-0.25, -0.2) is 0 Å². The Morgan fingerprint density at radius 1 is 1.50 bits per heavy atom. The lowest BCUT2D eigenvalue weighted by atomic mass is 9.92. The Morgan fingerprint density at radius 2 is 2.15 bits per heavy atom. The Kier molecular flexibility index (Phi) is 6.19. The van der Waals surface area contributed by atoms with Crippen molar-refractivity contribution in [1.82, 2.24) is 10.2 Å². The van der Waals surface area contributed by atoms with E-state index in [2.05, 4.69) is 5.32 Å². The first-order valence-electron chi connectivity index (χ1n) is 6.63. The number of furan rings is 1. The van der Waals surface area contributed by atoms with Gasteiger partial charge in [0.15, 0.2) is 0 Å². The second-order valence-corrected chi connectivity index (χ2v) is 5.60. The zero-order chi connectivity index (χ0) is 15.2. The summed E-state index contributed by atoms with van der Waals surface area (Å²) in [6.07, 6.45) is 1.57. The summed E-state index contributed by atoms with van der Waals surface area (Å²) in [7, 11) is 1.78. The third-order valence-corrected chi connectivity index (χ3v) is 3.18. The summed E-state index contributed by atoms with van der Waals surface area (Å²) in [6.45, 7) is 3.99. The molecule has 0 aliphatic carbocycles. The summed E-state index contributed by atoms with van der Waals surface area (Å²) in [5, 5.41) is 21.3. The van der Waals surface area contributed by atoms with Crippen LogP contribution in [0.5, 0.6) is 0 Å². The first-order chi connectivity index (χ1) is 9.40. The van der Waals surface area contributed by atoms with Crippen LogP contribution < -0.4 is 5.32 Å². The fraction of sp³-hybridized carbons (Fsp3) is 0.643. The van der Waals surface area contributed by atoms with Crippen molar-refractivity contribution in [3.05, 3.63) is 24.2 Å².